The van der Waals surface area contributed by atoms with Crippen LogP contribution in [0, 0.1) is 0 Å². The van der Waals surface area contributed by atoms with E-state index in [1.807, 2.05) is 0 Å². The summed E-state index contributed by atoms with van der Waals surface area (Å²) in [6.07, 6.45) is 11.8. The van der Waals surface area contributed by atoms with Crippen LogP contribution in [0.3, 0.4) is 0 Å². The molecule has 2 fully saturated rings. The Hall–Kier alpha value is -0.0800. The Balaban J connectivity index is 1.71. The summed E-state index contributed by atoms with van der Waals surface area (Å²) in [5.41, 5.74) is 0. The molecule has 2 saturated heterocycles. The molecular formula is C18H38N2+2. The van der Waals surface area contributed by atoms with E-state index in [-0.39, 0.29) is 0 Å². The quantitative estimate of drug-likeness (QED) is 0.492. The van der Waals surface area contributed by atoms with Gasteiger partial charge in [0.05, 0.1) is 52.4 Å². The van der Waals surface area contributed by atoms with Crippen molar-refractivity contribution < 1.29 is 8.97 Å². The average Bonchev–Trinajstić information content (AvgIpc) is 2.53. The second-order valence-electron chi connectivity index (χ2n) is 7.49. The fourth-order valence-corrected chi connectivity index (χ4v) is 4.66. The van der Waals surface area contributed by atoms with Crippen molar-refractivity contribution in [2.45, 2.75) is 65.2 Å². The van der Waals surface area contributed by atoms with Crippen LogP contribution < -0.4 is 0 Å². The summed E-state index contributed by atoms with van der Waals surface area (Å²) in [5.74, 6) is 0. The summed E-state index contributed by atoms with van der Waals surface area (Å²) in [6, 6.07) is 0. The Morgan fingerprint density at radius 3 is 1.20 bits per heavy atom. The van der Waals surface area contributed by atoms with Gasteiger partial charge in [0.15, 0.2) is 0 Å². The van der Waals surface area contributed by atoms with Gasteiger partial charge < -0.3 is 8.97 Å². The van der Waals surface area contributed by atoms with E-state index in [1.165, 1.54) is 113 Å². The molecule has 0 radical (unpaired) electrons. The molecule has 20 heavy (non-hydrogen) atoms. The second-order valence-corrected chi connectivity index (χ2v) is 7.49. The van der Waals surface area contributed by atoms with Crippen molar-refractivity contribution in [3.63, 3.8) is 0 Å². The largest absolute Gasteiger partial charge is 0.324 e. The lowest BCUT2D eigenvalue weighted by Gasteiger charge is -2.42. The standard InChI is InChI=1S/C18H38N2/c1-3-19(13-7-5-8-14-19)17-11-12-18-20(4-2)15-9-6-10-16-20/h3-18H2,1-2H3/q+2. The average molecular weight is 283 g/mol. The molecule has 0 aromatic carbocycles. The first-order valence-electron chi connectivity index (χ1n) is 9.44. The lowest BCUT2D eigenvalue weighted by atomic mass is 10.0. The molecule has 0 spiro atoms. The molecule has 0 bridgehead atoms. The Bertz CT molecular complexity index is 235. The van der Waals surface area contributed by atoms with Gasteiger partial charge in [-0.05, 0) is 52.4 Å². The molecular weight excluding hydrogens is 244 g/mol. The second kappa shape index (κ2) is 7.79. The molecule has 0 amide bonds. The van der Waals surface area contributed by atoms with Crippen LogP contribution >= 0.6 is 0 Å². The van der Waals surface area contributed by atoms with Crippen molar-refractivity contribution in [2.24, 2.45) is 0 Å². The van der Waals surface area contributed by atoms with Crippen molar-refractivity contribution in [1.29, 1.82) is 0 Å². The number of likely N-dealkylation sites (tertiary alicyclic amines) is 2. The molecule has 2 heterocycles. The van der Waals surface area contributed by atoms with Crippen LogP contribution in [0.1, 0.15) is 65.2 Å². The predicted octanol–water partition coefficient (Wildman–Crippen LogP) is 3.81. The monoisotopic (exact) mass is 282 g/mol. The Kier molecular flexibility index (Phi) is 6.35. The highest BCUT2D eigenvalue weighted by Gasteiger charge is 2.30. The lowest BCUT2D eigenvalue weighted by Crippen LogP contribution is -2.53. The van der Waals surface area contributed by atoms with Gasteiger partial charge in [0.1, 0.15) is 0 Å². The molecule has 2 nitrogen and oxygen atoms in total. The third-order valence-electron chi connectivity index (χ3n) is 6.39. The summed E-state index contributed by atoms with van der Waals surface area (Å²) < 4.78 is 2.87. The van der Waals surface area contributed by atoms with E-state index in [0.717, 1.165) is 0 Å². The number of nitrogens with zero attached hydrogens (tertiary/aromatic N) is 2. The molecule has 0 saturated carbocycles. The zero-order chi connectivity index (χ0) is 14.3. The van der Waals surface area contributed by atoms with Crippen LogP contribution in [0.2, 0.25) is 0 Å². The molecule has 0 aliphatic carbocycles. The van der Waals surface area contributed by atoms with E-state index in [1.54, 1.807) is 0 Å². The Morgan fingerprint density at radius 2 is 0.900 bits per heavy atom. The fraction of sp³-hybridized carbons (Fsp3) is 1.00. The minimum Gasteiger partial charge on any atom is -0.324 e. The van der Waals surface area contributed by atoms with E-state index >= 15 is 0 Å². The number of rotatable bonds is 7. The van der Waals surface area contributed by atoms with Crippen LogP contribution in [-0.2, 0) is 0 Å². The van der Waals surface area contributed by atoms with Gasteiger partial charge in [0.2, 0.25) is 0 Å². The maximum atomic E-state index is 2.41. The summed E-state index contributed by atoms with van der Waals surface area (Å²) in [7, 11) is 0. The molecule has 0 aromatic heterocycles. The van der Waals surface area contributed by atoms with Crippen molar-refractivity contribution in [1.82, 2.24) is 0 Å². The Labute approximate surface area is 127 Å². The maximum absolute atomic E-state index is 2.41. The molecule has 0 unspecified atom stereocenters. The van der Waals surface area contributed by atoms with Crippen LogP contribution in [-0.4, -0.2) is 61.3 Å². The van der Waals surface area contributed by atoms with Crippen LogP contribution in [0.5, 0.6) is 0 Å². The Morgan fingerprint density at radius 1 is 0.550 bits per heavy atom. The summed E-state index contributed by atoms with van der Waals surface area (Å²) >= 11 is 0. The zero-order valence-electron chi connectivity index (χ0n) is 14.2. The fourth-order valence-electron chi connectivity index (χ4n) is 4.66. The van der Waals surface area contributed by atoms with Gasteiger partial charge in [-0.25, -0.2) is 0 Å². The minimum atomic E-state index is 1.37. The summed E-state index contributed by atoms with van der Waals surface area (Å²) in [4.78, 5) is 0. The maximum Gasteiger partial charge on any atom is 0.0788 e. The SMILES string of the molecule is CC[N+]1(CCCC[N+]2(CC)CCCCC2)CCCCC1. The topological polar surface area (TPSA) is 0 Å². The van der Waals surface area contributed by atoms with Crippen molar-refractivity contribution in [2.75, 3.05) is 52.4 Å². The van der Waals surface area contributed by atoms with Crippen LogP contribution in [0.25, 0.3) is 0 Å². The van der Waals surface area contributed by atoms with Gasteiger partial charge in [-0.2, -0.15) is 0 Å². The normalized spacial score (nSPS) is 25.5. The van der Waals surface area contributed by atoms with Crippen molar-refractivity contribution >= 4 is 0 Å². The van der Waals surface area contributed by atoms with Gasteiger partial charge in [0, 0.05) is 12.8 Å². The van der Waals surface area contributed by atoms with Gasteiger partial charge in [-0.3, -0.25) is 0 Å². The van der Waals surface area contributed by atoms with E-state index in [4.69, 9.17) is 0 Å². The molecule has 0 atom stereocenters. The third-order valence-corrected chi connectivity index (χ3v) is 6.39. The molecule has 118 valence electrons. The number of quaternary nitrogens is 2. The first kappa shape index (κ1) is 16.3. The van der Waals surface area contributed by atoms with Crippen molar-refractivity contribution in [3.05, 3.63) is 0 Å². The van der Waals surface area contributed by atoms with E-state index in [0.29, 0.717) is 0 Å². The zero-order valence-corrected chi connectivity index (χ0v) is 14.2. The number of piperidine rings is 2. The molecule has 2 aliphatic heterocycles. The van der Waals surface area contributed by atoms with Gasteiger partial charge in [0.25, 0.3) is 0 Å². The minimum absolute atomic E-state index is 1.37. The molecule has 0 N–H and O–H groups in total. The van der Waals surface area contributed by atoms with Gasteiger partial charge >= 0.3 is 0 Å². The number of hydrogen-bond donors (Lipinski definition) is 0. The van der Waals surface area contributed by atoms with E-state index in [9.17, 15) is 0 Å². The molecule has 0 aromatic rings. The highest BCUT2D eigenvalue weighted by atomic mass is 15.4. The molecule has 2 aliphatic rings. The molecule has 2 rings (SSSR count). The predicted molar refractivity (Wildman–Crippen MR) is 87.7 cm³/mol. The van der Waals surface area contributed by atoms with Crippen LogP contribution in [0.4, 0.5) is 0 Å². The highest BCUT2D eigenvalue weighted by molar-refractivity contribution is 4.56. The third kappa shape index (κ3) is 4.21. The van der Waals surface area contributed by atoms with Gasteiger partial charge in [-0.15, -0.1) is 0 Å². The number of unbranched alkanes of at least 4 members (excludes halogenated alkanes) is 1. The summed E-state index contributed by atoms with van der Waals surface area (Å²) in [6.45, 7) is 16.3. The highest BCUT2D eigenvalue weighted by Crippen LogP contribution is 2.22. The number of hydrogen-bond acceptors (Lipinski definition) is 0. The first-order valence-corrected chi connectivity index (χ1v) is 9.44. The smallest absolute Gasteiger partial charge is 0.0788 e. The van der Waals surface area contributed by atoms with E-state index in [2.05, 4.69) is 13.8 Å². The lowest BCUT2D eigenvalue weighted by molar-refractivity contribution is -0.936. The first-order chi connectivity index (χ1) is 9.74. The van der Waals surface area contributed by atoms with Crippen LogP contribution in [0.15, 0.2) is 0 Å². The van der Waals surface area contributed by atoms with Gasteiger partial charge in [-0.1, -0.05) is 0 Å². The van der Waals surface area contributed by atoms with E-state index < -0.39 is 0 Å². The van der Waals surface area contributed by atoms with Crippen molar-refractivity contribution in [3.8, 4) is 0 Å². The molecule has 2 heteroatoms. The summed E-state index contributed by atoms with van der Waals surface area (Å²) in [5, 5.41) is 0.